The van der Waals surface area contributed by atoms with E-state index in [1.807, 2.05) is 0 Å². The maximum Gasteiger partial charge on any atom is 0.0507 e. The van der Waals surface area contributed by atoms with E-state index in [0.717, 1.165) is 39.4 Å². The lowest BCUT2D eigenvalue weighted by Crippen LogP contribution is -2.47. The normalized spacial score (nSPS) is 17.6. The molecule has 0 saturated carbocycles. The predicted molar refractivity (Wildman–Crippen MR) is 74.9 cm³/mol. The SMILES string of the molecule is CN(Cc1ccccc1Br)CN1CCNCC1. The molecule has 1 aliphatic rings. The summed E-state index contributed by atoms with van der Waals surface area (Å²) >= 11 is 3.60. The van der Waals surface area contributed by atoms with E-state index in [4.69, 9.17) is 0 Å². The summed E-state index contributed by atoms with van der Waals surface area (Å²) in [5.74, 6) is 0. The van der Waals surface area contributed by atoms with Crippen LogP contribution in [-0.4, -0.2) is 49.7 Å². The standard InChI is InChI=1S/C13H20BrN3/c1-16(11-17-8-6-15-7-9-17)10-12-4-2-3-5-13(12)14/h2-5,15H,6-11H2,1H3. The zero-order valence-corrected chi connectivity index (χ0v) is 11.9. The Morgan fingerprint density at radius 1 is 1.29 bits per heavy atom. The molecule has 0 aromatic heterocycles. The highest BCUT2D eigenvalue weighted by Crippen LogP contribution is 2.17. The fourth-order valence-electron chi connectivity index (χ4n) is 2.16. The van der Waals surface area contributed by atoms with E-state index in [-0.39, 0.29) is 0 Å². The first kappa shape index (κ1) is 13.0. The summed E-state index contributed by atoms with van der Waals surface area (Å²) in [5, 5.41) is 3.38. The third-order valence-corrected chi connectivity index (χ3v) is 3.82. The van der Waals surface area contributed by atoms with Gasteiger partial charge in [-0.05, 0) is 18.7 Å². The van der Waals surface area contributed by atoms with Gasteiger partial charge in [0.05, 0.1) is 6.67 Å². The molecule has 1 aromatic carbocycles. The van der Waals surface area contributed by atoms with Crippen LogP contribution in [0.4, 0.5) is 0 Å². The Kier molecular flexibility index (Phi) is 4.98. The van der Waals surface area contributed by atoms with Crippen molar-refractivity contribution in [1.29, 1.82) is 0 Å². The Balaban J connectivity index is 1.84. The van der Waals surface area contributed by atoms with Crippen molar-refractivity contribution in [3.05, 3.63) is 34.3 Å². The third-order valence-electron chi connectivity index (χ3n) is 3.05. The van der Waals surface area contributed by atoms with Crippen LogP contribution in [0.15, 0.2) is 28.7 Å². The first-order valence-electron chi connectivity index (χ1n) is 6.11. The Hall–Kier alpha value is -0.420. The number of piperazine rings is 1. The summed E-state index contributed by atoms with van der Waals surface area (Å²) in [7, 11) is 2.18. The van der Waals surface area contributed by atoms with E-state index in [9.17, 15) is 0 Å². The second-order valence-electron chi connectivity index (χ2n) is 4.62. The van der Waals surface area contributed by atoms with E-state index < -0.39 is 0 Å². The van der Waals surface area contributed by atoms with Crippen molar-refractivity contribution >= 4 is 15.9 Å². The molecule has 1 heterocycles. The molecule has 1 aliphatic heterocycles. The third kappa shape index (κ3) is 4.07. The Morgan fingerprint density at radius 3 is 2.71 bits per heavy atom. The lowest BCUT2D eigenvalue weighted by Gasteiger charge is -2.31. The molecular weight excluding hydrogens is 278 g/mol. The van der Waals surface area contributed by atoms with Crippen LogP contribution in [0.1, 0.15) is 5.56 Å². The first-order chi connectivity index (χ1) is 8.25. The van der Waals surface area contributed by atoms with E-state index >= 15 is 0 Å². The van der Waals surface area contributed by atoms with Crippen LogP contribution in [-0.2, 0) is 6.54 Å². The highest BCUT2D eigenvalue weighted by Gasteiger charge is 2.12. The molecule has 1 N–H and O–H groups in total. The fraction of sp³-hybridized carbons (Fsp3) is 0.538. The molecule has 2 rings (SSSR count). The number of hydrogen-bond donors (Lipinski definition) is 1. The molecule has 0 atom stereocenters. The minimum atomic E-state index is 0.991. The summed E-state index contributed by atoms with van der Waals surface area (Å²) in [6.45, 7) is 6.57. The van der Waals surface area contributed by atoms with Crippen LogP contribution in [0.25, 0.3) is 0 Å². The topological polar surface area (TPSA) is 18.5 Å². The maximum absolute atomic E-state index is 3.60. The van der Waals surface area contributed by atoms with Gasteiger partial charge in [0.25, 0.3) is 0 Å². The molecule has 0 bridgehead atoms. The summed E-state index contributed by atoms with van der Waals surface area (Å²) in [6.07, 6.45) is 0. The quantitative estimate of drug-likeness (QED) is 0.913. The number of benzene rings is 1. The van der Waals surface area contributed by atoms with Crippen molar-refractivity contribution in [2.45, 2.75) is 6.54 Å². The molecule has 0 radical (unpaired) electrons. The van der Waals surface area contributed by atoms with Gasteiger partial charge in [0, 0.05) is 37.2 Å². The molecule has 0 spiro atoms. The lowest BCUT2D eigenvalue weighted by molar-refractivity contribution is 0.135. The van der Waals surface area contributed by atoms with Gasteiger partial charge in [-0.3, -0.25) is 9.80 Å². The van der Waals surface area contributed by atoms with Crippen LogP contribution in [0, 0.1) is 0 Å². The van der Waals surface area contributed by atoms with Gasteiger partial charge in [-0.25, -0.2) is 0 Å². The van der Waals surface area contributed by atoms with Gasteiger partial charge in [0.15, 0.2) is 0 Å². The van der Waals surface area contributed by atoms with Crippen molar-refractivity contribution < 1.29 is 0 Å². The van der Waals surface area contributed by atoms with Crippen molar-refractivity contribution in [3.8, 4) is 0 Å². The highest BCUT2D eigenvalue weighted by molar-refractivity contribution is 9.10. The van der Waals surface area contributed by atoms with Gasteiger partial charge in [-0.1, -0.05) is 34.1 Å². The van der Waals surface area contributed by atoms with Crippen LogP contribution in [0.2, 0.25) is 0 Å². The molecule has 4 heteroatoms. The second-order valence-corrected chi connectivity index (χ2v) is 5.47. The molecule has 17 heavy (non-hydrogen) atoms. The van der Waals surface area contributed by atoms with Crippen molar-refractivity contribution in [1.82, 2.24) is 15.1 Å². The number of hydrogen-bond acceptors (Lipinski definition) is 3. The monoisotopic (exact) mass is 297 g/mol. The summed E-state index contributed by atoms with van der Waals surface area (Å²) < 4.78 is 1.20. The second kappa shape index (κ2) is 6.50. The van der Waals surface area contributed by atoms with Gasteiger partial charge in [0.2, 0.25) is 0 Å². The average molecular weight is 298 g/mol. The lowest BCUT2D eigenvalue weighted by atomic mass is 10.2. The average Bonchev–Trinajstić information content (AvgIpc) is 2.33. The molecule has 0 aliphatic carbocycles. The highest BCUT2D eigenvalue weighted by atomic mass is 79.9. The van der Waals surface area contributed by atoms with Crippen molar-refractivity contribution in [2.75, 3.05) is 39.9 Å². The molecule has 1 fully saturated rings. The van der Waals surface area contributed by atoms with Crippen molar-refractivity contribution in [2.24, 2.45) is 0 Å². The smallest absolute Gasteiger partial charge is 0.0507 e. The number of rotatable bonds is 4. The number of nitrogens with zero attached hydrogens (tertiary/aromatic N) is 2. The maximum atomic E-state index is 3.60. The molecule has 94 valence electrons. The van der Waals surface area contributed by atoms with E-state index in [2.05, 4.69) is 62.4 Å². The summed E-state index contributed by atoms with van der Waals surface area (Å²) in [4.78, 5) is 4.86. The summed E-state index contributed by atoms with van der Waals surface area (Å²) in [5.41, 5.74) is 1.35. The Morgan fingerprint density at radius 2 is 2.00 bits per heavy atom. The fourth-order valence-corrected chi connectivity index (χ4v) is 2.57. The van der Waals surface area contributed by atoms with Gasteiger partial charge < -0.3 is 5.32 Å². The minimum absolute atomic E-state index is 0.991. The van der Waals surface area contributed by atoms with E-state index in [0.29, 0.717) is 0 Å². The molecule has 0 unspecified atom stereocenters. The van der Waals surface area contributed by atoms with E-state index in [1.165, 1.54) is 10.0 Å². The first-order valence-corrected chi connectivity index (χ1v) is 6.90. The molecule has 3 nitrogen and oxygen atoms in total. The van der Waals surface area contributed by atoms with Crippen LogP contribution >= 0.6 is 15.9 Å². The molecule has 0 amide bonds. The molecule has 1 aromatic rings. The number of halogens is 1. The zero-order valence-electron chi connectivity index (χ0n) is 10.3. The number of nitrogens with one attached hydrogen (secondary N) is 1. The molecular formula is C13H20BrN3. The van der Waals surface area contributed by atoms with Crippen LogP contribution < -0.4 is 5.32 Å². The predicted octanol–water partition coefficient (Wildman–Crippen LogP) is 1.74. The minimum Gasteiger partial charge on any atom is -0.314 e. The van der Waals surface area contributed by atoms with Gasteiger partial charge in [-0.2, -0.15) is 0 Å². The van der Waals surface area contributed by atoms with Crippen LogP contribution in [0.5, 0.6) is 0 Å². The van der Waals surface area contributed by atoms with E-state index in [1.54, 1.807) is 0 Å². The Labute approximate surface area is 112 Å². The van der Waals surface area contributed by atoms with Gasteiger partial charge >= 0.3 is 0 Å². The zero-order chi connectivity index (χ0) is 12.1. The summed E-state index contributed by atoms with van der Waals surface area (Å²) in [6, 6.07) is 8.44. The van der Waals surface area contributed by atoms with Gasteiger partial charge in [0.1, 0.15) is 0 Å². The van der Waals surface area contributed by atoms with Gasteiger partial charge in [-0.15, -0.1) is 0 Å². The van der Waals surface area contributed by atoms with Crippen molar-refractivity contribution in [3.63, 3.8) is 0 Å². The largest absolute Gasteiger partial charge is 0.314 e. The molecule has 1 saturated heterocycles. The Bertz CT molecular complexity index is 350. The van der Waals surface area contributed by atoms with Crippen LogP contribution in [0.3, 0.4) is 0 Å².